The summed E-state index contributed by atoms with van der Waals surface area (Å²) in [6.45, 7) is 4.17. The van der Waals surface area contributed by atoms with E-state index in [9.17, 15) is 0 Å². The van der Waals surface area contributed by atoms with Gasteiger partial charge in [-0.25, -0.2) is 0 Å². The first-order valence-corrected chi connectivity index (χ1v) is 7.23. The number of ether oxygens (including phenoxy) is 1. The van der Waals surface area contributed by atoms with Crippen LogP contribution in [0.25, 0.3) is 0 Å². The summed E-state index contributed by atoms with van der Waals surface area (Å²) in [4.78, 5) is 0. The maximum absolute atomic E-state index is 5.72. The molecule has 2 nitrogen and oxygen atoms in total. The molecule has 2 aliphatic rings. The molecule has 16 heavy (non-hydrogen) atoms. The Bertz CT molecular complexity index is 152. The molecule has 0 unspecified atom stereocenters. The van der Waals surface area contributed by atoms with Gasteiger partial charge in [-0.15, -0.1) is 0 Å². The minimum atomic E-state index is 0.870. The van der Waals surface area contributed by atoms with Gasteiger partial charge in [0.1, 0.15) is 0 Å². The largest absolute Gasteiger partial charge is 0.380 e. The summed E-state index contributed by atoms with van der Waals surface area (Å²) in [5.74, 6) is 1.82. The molecule has 0 aromatic carbocycles. The highest BCUT2D eigenvalue weighted by Gasteiger charge is 2.15. The van der Waals surface area contributed by atoms with Gasteiger partial charge >= 0.3 is 0 Å². The molecule has 0 spiro atoms. The predicted molar refractivity (Wildman–Crippen MR) is 67.6 cm³/mol. The Kier molecular flexibility index (Phi) is 5.64. The second-order valence-corrected chi connectivity index (χ2v) is 5.58. The van der Waals surface area contributed by atoms with Crippen molar-refractivity contribution in [3.05, 3.63) is 0 Å². The molecule has 0 atom stereocenters. The molecule has 2 aliphatic carbocycles. The van der Waals surface area contributed by atoms with Crippen molar-refractivity contribution in [2.45, 2.75) is 51.4 Å². The Labute approximate surface area is 100 Å². The predicted octanol–water partition coefficient (Wildman–Crippen LogP) is 2.97. The van der Waals surface area contributed by atoms with E-state index in [0.29, 0.717) is 0 Å². The first kappa shape index (κ1) is 12.4. The average Bonchev–Trinajstić information content (AvgIpc) is 2.96. The molecule has 0 aliphatic heterocycles. The van der Waals surface area contributed by atoms with Crippen LogP contribution < -0.4 is 5.32 Å². The van der Waals surface area contributed by atoms with Crippen molar-refractivity contribution >= 4 is 0 Å². The normalized spacial score (nSPS) is 23.2. The van der Waals surface area contributed by atoms with Gasteiger partial charge in [0.25, 0.3) is 0 Å². The smallest absolute Gasteiger partial charge is 0.0591 e. The molecule has 0 aromatic heterocycles. The van der Waals surface area contributed by atoms with Gasteiger partial charge in [-0.2, -0.15) is 0 Å². The lowest BCUT2D eigenvalue weighted by Gasteiger charge is -2.12. The summed E-state index contributed by atoms with van der Waals surface area (Å²) in [7, 11) is 0. The minimum Gasteiger partial charge on any atom is -0.380 e. The number of rotatable bonds is 7. The Balaban J connectivity index is 1.37. The van der Waals surface area contributed by atoms with Gasteiger partial charge < -0.3 is 10.1 Å². The van der Waals surface area contributed by atoms with Crippen LogP contribution in [-0.4, -0.2) is 26.3 Å². The van der Waals surface area contributed by atoms with Gasteiger partial charge in [-0.05, 0) is 44.1 Å². The van der Waals surface area contributed by atoms with Crippen LogP contribution in [0.2, 0.25) is 0 Å². The van der Waals surface area contributed by atoms with Crippen molar-refractivity contribution in [3.8, 4) is 0 Å². The van der Waals surface area contributed by atoms with Crippen molar-refractivity contribution in [2.24, 2.45) is 11.8 Å². The molecule has 0 saturated heterocycles. The molecular weight excluding hydrogens is 198 g/mol. The molecule has 94 valence electrons. The zero-order valence-corrected chi connectivity index (χ0v) is 10.5. The zero-order valence-electron chi connectivity index (χ0n) is 10.5. The third-order valence-electron chi connectivity index (χ3n) is 4.16. The fraction of sp³-hybridized carbons (Fsp3) is 1.00. The first-order chi connectivity index (χ1) is 7.95. The summed E-state index contributed by atoms with van der Waals surface area (Å²) in [6.07, 6.45) is 11.4. The highest BCUT2D eigenvalue weighted by molar-refractivity contribution is 4.69. The fourth-order valence-electron chi connectivity index (χ4n) is 3.09. The maximum Gasteiger partial charge on any atom is 0.0591 e. The SMILES string of the molecule is C1CCC(CNCCOCC2CCCC2)C1. The molecule has 2 fully saturated rings. The van der Waals surface area contributed by atoms with E-state index in [1.165, 1.54) is 57.9 Å². The summed E-state index contributed by atoms with van der Waals surface area (Å²) in [6, 6.07) is 0. The monoisotopic (exact) mass is 225 g/mol. The van der Waals surface area contributed by atoms with Crippen molar-refractivity contribution in [2.75, 3.05) is 26.3 Å². The van der Waals surface area contributed by atoms with Gasteiger partial charge in [0, 0.05) is 13.2 Å². The molecule has 1 N–H and O–H groups in total. The van der Waals surface area contributed by atoms with Gasteiger partial charge in [-0.3, -0.25) is 0 Å². The lowest BCUT2D eigenvalue weighted by Crippen LogP contribution is -2.25. The molecule has 2 rings (SSSR count). The van der Waals surface area contributed by atoms with Crippen molar-refractivity contribution in [1.82, 2.24) is 5.32 Å². The van der Waals surface area contributed by atoms with E-state index in [4.69, 9.17) is 4.74 Å². The number of hydrogen-bond acceptors (Lipinski definition) is 2. The van der Waals surface area contributed by atoms with Crippen molar-refractivity contribution in [1.29, 1.82) is 0 Å². The van der Waals surface area contributed by atoms with Crippen LogP contribution in [0.5, 0.6) is 0 Å². The molecule has 0 radical (unpaired) electrons. The Morgan fingerprint density at radius 1 is 0.875 bits per heavy atom. The summed E-state index contributed by atoms with van der Waals surface area (Å²) >= 11 is 0. The van der Waals surface area contributed by atoms with Gasteiger partial charge in [0.05, 0.1) is 6.61 Å². The molecular formula is C14H27NO. The highest BCUT2D eigenvalue weighted by atomic mass is 16.5. The second-order valence-electron chi connectivity index (χ2n) is 5.58. The van der Waals surface area contributed by atoms with Crippen LogP contribution in [0.1, 0.15) is 51.4 Å². The van der Waals surface area contributed by atoms with Gasteiger partial charge in [-0.1, -0.05) is 25.7 Å². The van der Waals surface area contributed by atoms with Crippen LogP contribution in [0, 0.1) is 11.8 Å². The quantitative estimate of drug-likeness (QED) is 0.673. The van der Waals surface area contributed by atoms with Crippen LogP contribution in [0.15, 0.2) is 0 Å². The Morgan fingerprint density at radius 2 is 1.50 bits per heavy atom. The second kappa shape index (κ2) is 7.29. The lowest BCUT2D eigenvalue weighted by atomic mass is 10.1. The van der Waals surface area contributed by atoms with Gasteiger partial charge in [0.15, 0.2) is 0 Å². The summed E-state index contributed by atoms with van der Waals surface area (Å²) in [5.41, 5.74) is 0. The third-order valence-corrected chi connectivity index (χ3v) is 4.16. The molecule has 2 saturated carbocycles. The lowest BCUT2D eigenvalue weighted by molar-refractivity contribution is 0.102. The van der Waals surface area contributed by atoms with Crippen LogP contribution in [0.3, 0.4) is 0 Å². The molecule has 0 bridgehead atoms. The van der Waals surface area contributed by atoms with E-state index in [2.05, 4.69) is 5.32 Å². The van der Waals surface area contributed by atoms with Gasteiger partial charge in [0.2, 0.25) is 0 Å². The third kappa shape index (κ3) is 4.42. The molecule has 0 aromatic rings. The zero-order chi connectivity index (χ0) is 11.1. The van der Waals surface area contributed by atoms with Crippen LogP contribution in [-0.2, 0) is 4.74 Å². The highest BCUT2D eigenvalue weighted by Crippen LogP contribution is 2.24. The van der Waals surface area contributed by atoms with Crippen molar-refractivity contribution < 1.29 is 4.74 Å². The first-order valence-electron chi connectivity index (χ1n) is 7.23. The number of nitrogens with one attached hydrogen (secondary N) is 1. The van der Waals surface area contributed by atoms with E-state index >= 15 is 0 Å². The van der Waals surface area contributed by atoms with Crippen LogP contribution in [0.4, 0.5) is 0 Å². The molecule has 2 heteroatoms. The van der Waals surface area contributed by atoms with E-state index < -0.39 is 0 Å². The van der Waals surface area contributed by atoms with Crippen molar-refractivity contribution in [3.63, 3.8) is 0 Å². The minimum absolute atomic E-state index is 0.870. The topological polar surface area (TPSA) is 21.3 Å². The fourth-order valence-corrected chi connectivity index (χ4v) is 3.09. The van der Waals surface area contributed by atoms with E-state index in [-0.39, 0.29) is 0 Å². The summed E-state index contributed by atoms with van der Waals surface area (Å²) in [5, 5.41) is 3.53. The standard InChI is InChI=1S/C14H27NO/c1-2-6-13(5-1)11-15-9-10-16-12-14-7-3-4-8-14/h13-15H,1-12H2. The van der Waals surface area contributed by atoms with E-state index in [0.717, 1.165) is 31.6 Å². The van der Waals surface area contributed by atoms with E-state index in [1.807, 2.05) is 0 Å². The summed E-state index contributed by atoms with van der Waals surface area (Å²) < 4.78 is 5.72. The molecule has 0 heterocycles. The Hall–Kier alpha value is -0.0800. The van der Waals surface area contributed by atoms with Crippen LogP contribution >= 0.6 is 0 Å². The number of hydrogen-bond donors (Lipinski definition) is 1. The Morgan fingerprint density at radius 3 is 2.19 bits per heavy atom. The maximum atomic E-state index is 5.72. The van der Waals surface area contributed by atoms with E-state index in [1.54, 1.807) is 0 Å². The average molecular weight is 225 g/mol. The molecule has 0 amide bonds.